The molecule has 0 aromatic heterocycles. The normalized spacial score (nSPS) is 33.0. The highest BCUT2D eigenvalue weighted by Gasteiger charge is 2.56. The van der Waals surface area contributed by atoms with Crippen molar-refractivity contribution >= 4 is 11.9 Å². The van der Waals surface area contributed by atoms with Crippen molar-refractivity contribution in [2.24, 2.45) is 22.7 Å². The van der Waals surface area contributed by atoms with Crippen LogP contribution < -0.4 is 0 Å². The van der Waals surface area contributed by atoms with Crippen molar-refractivity contribution < 1.29 is 19.4 Å². The van der Waals surface area contributed by atoms with Crippen LogP contribution in [0.15, 0.2) is 0 Å². The Morgan fingerprint density at radius 3 is 2.55 bits per heavy atom. The van der Waals surface area contributed by atoms with Crippen molar-refractivity contribution in [1.29, 1.82) is 0 Å². The van der Waals surface area contributed by atoms with E-state index in [9.17, 15) is 14.7 Å². The second-order valence-corrected chi connectivity index (χ2v) is 7.87. The lowest BCUT2D eigenvalue weighted by atomic mass is 9.74. The van der Waals surface area contributed by atoms with E-state index in [2.05, 4.69) is 0 Å². The topological polar surface area (TPSA) is 66.8 Å². The summed E-state index contributed by atoms with van der Waals surface area (Å²) >= 11 is 0. The minimum atomic E-state index is -0.792. The SMILES string of the molecule is CC(C)(C(=O)N1C[C@H]2COCC[C@@]2(C(=O)O)C1)C1CCCC1. The van der Waals surface area contributed by atoms with Crippen LogP contribution in [-0.4, -0.2) is 48.2 Å². The molecule has 1 N–H and O–H groups in total. The summed E-state index contributed by atoms with van der Waals surface area (Å²) in [4.78, 5) is 26.7. The molecule has 2 heterocycles. The number of fused-ring (bicyclic) bond motifs is 1. The van der Waals surface area contributed by atoms with Crippen molar-refractivity contribution in [2.75, 3.05) is 26.3 Å². The van der Waals surface area contributed by atoms with Gasteiger partial charge < -0.3 is 14.7 Å². The summed E-state index contributed by atoms with van der Waals surface area (Å²) in [5.41, 5.74) is -1.18. The lowest BCUT2D eigenvalue weighted by Gasteiger charge is -2.35. The van der Waals surface area contributed by atoms with Gasteiger partial charge in [-0.2, -0.15) is 0 Å². The van der Waals surface area contributed by atoms with Crippen LogP contribution in [0.2, 0.25) is 0 Å². The first-order chi connectivity index (χ1) is 10.4. The van der Waals surface area contributed by atoms with Gasteiger partial charge in [0.1, 0.15) is 0 Å². The molecule has 2 atom stereocenters. The van der Waals surface area contributed by atoms with Crippen LogP contribution in [0, 0.1) is 22.7 Å². The van der Waals surface area contributed by atoms with Gasteiger partial charge in [-0.15, -0.1) is 0 Å². The van der Waals surface area contributed by atoms with Crippen molar-refractivity contribution in [3.63, 3.8) is 0 Å². The molecule has 0 spiro atoms. The van der Waals surface area contributed by atoms with Crippen LogP contribution >= 0.6 is 0 Å². The summed E-state index contributed by atoms with van der Waals surface area (Å²) in [5.74, 6) is -0.272. The Labute approximate surface area is 132 Å². The predicted molar refractivity (Wildman–Crippen MR) is 81.3 cm³/mol. The zero-order chi connectivity index (χ0) is 16.0. The van der Waals surface area contributed by atoms with Crippen molar-refractivity contribution in [2.45, 2.75) is 46.0 Å². The van der Waals surface area contributed by atoms with E-state index in [1.807, 2.05) is 18.7 Å². The molecule has 3 rings (SSSR count). The minimum Gasteiger partial charge on any atom is -0.481 e. The fourth-order valence-electron chi connectivity index (χ4n) is 4.68. The molecule has 0 radical (unpaired) electrons. The minimum absolute atomic E-state index is 0.0675. The maximum atomic E-state index is 13.1. The second kappa shape index (κ2) is 5.52. The van der Waals surface area contributed by atoms with Gasteiger partial charge in [0.2, 0.25) is 5.91 Å². The molecule has 1 amide bonds. The highest BCUT2D eigenvalue weighted by Crippen LogP contribution is 2.46. The molecule has 0 bridgehead atoms. The van der Waals surface area contributed by atoms with E-state index >= 15 is 0 Å². The van der Waals surface area contributed by atoms with E-state index in [1.165, 1.54) is 12.8 Å². The van der Waals surface area contributed by atoms with E-state index in [0.29, 0.717) is 38.6 Å². The molecular weight excluding hydrogens is 282 g/mol. The molecule has 5 heteroatoms. The van der Waals surface area contributed by atoms with Gasteiger partial charge in [-0.25, -0.2) is 0 Å². The third-order valence-corrected chi connectivity index (χ3v) is 6.35. The van der Waals surface area contributed by atoms with Crippen LogP contribution in [0.1, 0.15) is 46.0 Å². The van der Waals surface area contributed by atoms with Gasteiger partial charge in [-0.1, -0.05) is 26.7 Å². The molecule has 3 aliphatic rings. The zero-order valence-electron chi connectivity index (χ0n) is 13.6. The highest BCUT2D eigenvalue weighted by molar-refractivity contribution is 5.85. The Morgan fingerprint density at radius 1 is 1.27 bits per heavy atom. The van der Waals surface area contributed by atoms with E-state index in [4.69, 9.17) is 4.74 Å². The Balaban J connectivity index is 1.78. The van der Waals surface area contributed by atoms with Crippen molar-refractivity contribution in [3.8, 4) is 0 Å². The van der Waals surface area contributed by atoms with Crippen molar-refractivity contribution in [3.05, 3.63) is 0 Å². The standard InChI is InChI=1S/C17H27NO4/c1-16(2,12-5-3-4-6-12)14(19)18-9-13-10-22-8-7-17(13,11-18)15(20)21/h12-13H,3-11H2,1-2H3,(H,20,21)/t13-,17+/m0/s1. The average Bonchev–Trinajstić information content (AvgIpc) is 3.14. The quantitative estimate of drug-likeness (QED) is 0.867. The summed E-state index contributed by atoms with van der Waals surface area (Å²) < 4.78 is 5.47. The van der Waals surface area contributed by atoms with Gasteiger partial charge in [-0.3, -0.25) is 9.59 Å². The number of carbonyl (C=O) groups excluding carboxylic acids is 1. The molecule has 0 unspecified atom stereocenters. The Bertz CT molecular complexity index is 469. The molecule has 5 nitrogen and oxygen atoms in total. The molecule has 22 heavy (non-hydrogen) atoms. The summed E-state index contributed by atoms with van der Waals surface area (Å²) in [6, 6.07) is 0. The number of aliphatic carboxylic acids is 1. The molecule has 2 saturated heterocycles. The first-order valence-corrected chi connectivity index (χ1v) is 8.48. The van der Waals surface area contributed by atoms with Gasteiger partial charge >= 0.3 is 5.97 Å². The summed E-state index contributed by atoms with van der Waals surface area (Å²) in [6.45, 7) is 5.90. The Hall–Kier alpha value is -1.10. The summed E-state index contributed by atoms with van der Waals surface area (Å²) in [7, 11) is 0. The fraction of sp³-hybridized carbons (Fsp3) is 0.882. The second-order valence-electron chi connectivity index (χ2n) is 7.87. The third kappa shape index (κ3) is 2.34. The smallest absolute Gasteiger partial charge is 0.311 e. The van der Waals surface area contributed by atoms with E-state index in [1.54, 1.807) is 0 Å². The fourth-order valence-corrected chi connectivity index (χ4v) is 4.68. The number of likely N-dealkylation sites (tertiary alicyclic amines) is 1. The average molecular weight is 309 g/mol. The highest BCUT2D eigenvalue weighted by atomic mass is 16.5. The lowest BCUT2D eigenvalue weighted by Crippen LogP contribution is -2.46. The van der Waals surface area contributed by atoms with Crippen LogP contribution in [0.5, 0.6) is 0 Å². The number of hydrogen-bond donors (Lipinski definition) is 1. The van der Waals surface area contributed by atoms with E-state index in [-0.39, 0.29) is 17.2 Å². The van der Waals surface area contributed by atoms with Gasteiger partial charge in [0.05, 0.1) is 12.0 Å². The maximum Gasteiger partial charge on any atom is 0.311 e. The zero-order valence-corrected chi connectivity index (χ0v) is 13.6. The van der Waals surface area contributed by atoms with Crippen LogP contribution in [-0.2, 0) is 14.3 Å². The molecule has 2 aliphatic heterocycles. The largest absolute Gasteiger partial charge is 0.481 e. The number of hydrogen-bond acceptors (Lipinski definition) is 3. The molecule has 1 saturated carbocycles. The third-order valence-electron chi connectivity index (χ3n) is 6.35. The van der Waals surface area contributed by atoms with Crippen molar-refractivity contribution in [1.82, 2.24) is 4.90 Å². The van der Waals surface area contributed by atoms with Gasteiger partial charge in [0, 0.05) is 31.0 Å². The first kappa shape index (κ1) is 15.8. The maximum absolute atomic E-state index is 13.1. The lowest BCUT2D eigenvalue weighted by molar-refractivity contribution is -0.157. The van der Waals surface area contributed by atoms with Gasteiger partial charge in [0.15, 0.2) is 0 Å². The molecule has 0 aromatic carbocycles. The first-order valence-electron chi connectivity index (χ1n) is 8.48. The number of carboxylic acid groups (broad SMARTS) is 1. The van der Waals surface area contributed by atoms with E-state index in [0.717, 1.165) is 12.8 Å². The molecule has 0 aromatic rings. The molecular formula is C17H27NO4. The molecule has 1 aliphatic carbocycles. The number of carboxylic acids is 1. The van der Waals surface area contributed by atoms with Crippen LogP contribution in [0.3, 0.4) is 0 Å². The number of nitrogens with zero attached hydrogens (tertiary/aromatic N) is 1. The van der Waals surface area contributed by atoms with Crippen LogP contribution in [0.25, 0.3) is 0 Å². The predicted octanol–water partition coefficient (Wildman–Crippen LogP) is 2.15. The summed E-state index contributed by atoms with van der Waals surface area (Å²) in [6.07, 6.45) is 5.15. The van der Waals surface area contributed by atoms with Gasteiger partial charge in [0.25, 0.3) is 0 Å². The Kier molecular flexibility index (Phi) is 3.96. The Morgan fingerprint density at radius 2 is 1.95 bits per heavy atom. The summed E-state index contributed by atoms with van der Waals surface area (Å²) in [5, 5.41) is 9.72. The molecule has 124 valence electrons. The number of ether oxygens (including phenoxy) is 1. The number of rotatable bonds is 3. The monoisotopic (exact) mass is 309 g/mol. The number of amides is 1. The molecule has 3 fully saturated rings. The number of carbonyl (C=O) groups is 2. The van der Waals surface area contributed by atoms with Gasteiger partial charge in [-0.05, 0) is 25.2 Å². The van der Waals surface area contributed by atoms with Crippen LogP contribution in [0.4, 0.5) is 0 Å². The van der Waals surface area contributed by atoms with E-state index < -0.39 is 11.4 Å².